The number of rotatable bonds is 5. The van der Waals surface area contributed by atoms with Gasteiger partial charge in [0, 0.05) is 18.2 Å². The van der Waals surface area contributed by atoms with Crippen LogP contribution < -0.4 is 4.72 Å². The molecule has 1 aromatic rings. The van der Waals surface area contributed by atoms with Gasteiger partial charge in [-0.1, -0.05) is 41.2 Å². The molecular formula is C13H16Cl3NO3S. The number of halogens is 3. The van der Waals surface area contributed by atoms with E-state index >= 15 is 0 Å². The van der Waals surface area contributed by atoms with Crippen molar-refractivity contribution in [1.29, 1.82) is 0 Å². The van der Waals surface area contributed by atoms with Crippen LogP contribution in [0.5, 0.6) is 0 Å². The van der Waals surface area contributed by atoms with Crippen LogP contribution in [-0.4, -0.2) is 26.7 Å². The zero-order valence-corrected chi connectivity index (χ0v) is 14.2. The fraction of sp³-hybridized carbons (Fsp3) is 0.538. The molecule has 2 unspecified atom stereocenters. The van der Waals surface area contributed by atoms with E-state index in [0.29, 0.717) is 0 Å². The minimum atomic E-state index is -3.81. The molecule has 1 aromatic carbocycles. The standard InChI is InChI=1S/C13H16Cl3NO3S/c14-10-4-11(15)13(12(16)5-10)21(19,20)17-6-8-2-1-3-9(8)7-18/h4-5,8-9,17-18H,1-3,6-7H2. The summed E-state index contributed by atoms with van der Waals surface area (Å²) in [6, 6.07) is 2.69. The smallest absolute Gasteiger partial charge is 0.243 e. The van der Waals surface area contributed by atoms with E-state index in [9.17, 15) is 13.5 Å². The molecule has 0 amide bonds. The molecule has 1 fully saturated rings. The highest BCUT2D eigenvalue weighted by Crippen LogP contribution is 2.34. The van der Waals surface area contributed by atoms with Gasteiger partial charge >= 0.3 is 0 Å². The molecule has 2 atom stereocenters. The molecule has 2 rings (SSSR count). The van der Waals surface area contributed by atoms with Gasteiger partial charge in [-0.25, -0.2) is 13.1 Å². The number of nitrogens with one attached hydrogen (secondary N) is 1. The van der Waals surface area contributed by atoms with Crippen LogP contribution in [0.15, 0.2) is 17.0 Å². The van der Waals surface area contributed by atoms with Gasteiger partial charge in [0.25, 0.3) is 0 Å². The van der Waals surface area contributed by atoms with Crippen LogP contribution in [0.2, 0.25) is 15.1 Å². The molecule has 118 valence electrons. The van der Waals surface area contributed by atoms with E-state index < -0.39 is 10.0 Å². The minimum Gasteiger partial charge on any atom is -0.396 e. The predicted octanol–water partition coefficient (Wildman–Crippen LogP) is 3.33. The van der Waals surface area contributed by atoms with Crippen molar-refractivity contribution in [3.8, 4) is 0 Å². The lowest BCUT2D eigenvalue weighted by molar-refractivity contribution is 0.195. The lowest BCUT2D eigenvalue weighted by Gasteiger charge is -2.18. The van der Waals surface area contributed by atoms with Crippen molar-refractivity contribution in [3.63, 3.8) is 0 Å². The Morgan fingerprint density at radius 3 is 2.29 bits per heavy atom. The van der Waals surface area contributed by atoms with Crippen LogP contribution in [0.3, 0.4) is 0 Å². The maximum absolute atomic E-state index is 12.4. The second-order valence-electron chi connectivity index (χ2n) is 5.18. The Balaban J connectivity index is 2.16. The first-order valence-corrected chi connectivity index (χ1v) is 9.22. The van der Waals surface area contributed by atoms with E-state index in [4.69, 9.17) is 34.8 Å². The summed E-state index contributed by atoms with van der Waals surface area (Å²) in [6.07, 6.45) is 2.82. The minimum absolute atomic E-state index is 0.00914. The number of aliphatic hydroxyl groups excluding tert-OH is 1. The molecule has 0 heterocycles. The van der Waals surface area contributed by atoms with E-state index in [1.54, 1.807) is 0 Å². The highest BCUT2D eigenvalue weighted by atomic mass is 35.5. The van der Waals surface area contributed by atoms with E-state index in [2.05, 4.69) is 4.72 Å². The summed E-state index contributed by atoms with van der Waals surface area (Å²) < 4.78 is 27.2. The lowest BCUT2D eigenvalue weighted by Crippen LogP contribution is -2.32. The average Bonchev–Trinajstić information content (AvgIpc) is 2.82. The Kier molecular flexibility index (Phi) is 5.79. The third-order valence-electron chi connectivity index (χ3n) is 3.82. The van der Waals surface area contributed by atoms with E-state index in [-0.39, 0.29) is 45.0 Å². The van der Waals surface area contributed by atoms with Gasteiger partial charge in [-0.15, -0.1) is 0 Å². The average molecular weight is 373 g/mol. The maximum Gasteiger partial charge on any atom is 0.243 e. The third kappa shape index (κ3) is 4.03. The summed E-state index contributed by atoms with van der Waals surface area (Å²) in [5, 5.41) is 9.53. The number of hydrogen-bond donors (Lipinski definition) is 2. The zero-order valence-electron chi connectivity index (χ0n) is 11.2. The van der Waals surface area contributed by atoms with E-state index in [1.165, 1.54) is 12.1 Å². The Hall–Kier alpha value is -0.0400. The van der Waals surface area contributed by atoms with Gasteiger partial charge in [-0.3, -0.25) is 0 Å². The SMILES string of the molecule is O=S(=O)(NCC1CCCC1CO)c1c(Cl)cc(Cl)cc1Cl. The summed E-state index contributed by atoms with van der Waals surface area (Å²) >= 11 is 17.7. The van der Waals surface area contributed by atoms with E-state index in [1.807, 2.05) is 0 Å². The topological polar surface area (TPSA) is 66.4 Å². The summed E-state index contributed by atoms with van der Waals surface area (Å²) in [6.45, 7) is 0.345. The monoisotopic (exact) mass is 371 g/mol. The number of hydrogen-bond acceptors (Lipinski definition) is 3. The van der Waals surface area contributed by atoms with Gasteiger partial charge in [0.1, 0.15) is 4.90 Å². The molecule has 0 spiro atoms. The molecule has 2 N–H and O–H groups in total. The second-order valence-corrected chi connectivity index (χ2v) is 8.14. The number of aliphatic hydroxyl groups is 1. The van der Waals surface area contributed by atoms with Crippen molar-refractivity contribution >= 4 is 44.8 Å². The Morgan fingerprint density at radius 1 is 1.14 bits per heavy atom. The Labute approximate surface area is 139 Å². The van der Waals surface area contributed by atoms with Crippen LogP contribution in [0.25, 0.3) is 0 Å². The molecule has 0 saturated heterocycles. The number of sulfonamides is 1. The third-order valence-corrected chi connectivity index (χ3v) is 6.38. The van der Waals surface area contributed by atoms with Crippen molar-refractivity contribution in [1.82, 2.24) is 4.72 Å². The van der Waals surface area contributed by atoms with Gasteiger partial charge in [0.15, 0.2) is 0 Å². The Bertz CT molecular complexity index is 598. The van der Waals surface area contributed by atoms with Crippen LogP contribution in [0, 0.1) is 11.8 Å². The van der Waals surface area contributed by atoms with Gasteiger partial charge in [0.05, 0.1) is 10.0 Å². The maximum atomic E-state index is 12.4. The quantitative estimate of drug-likeness (QED) is 0.833. The van der Waals surface area contributed by atoms with Crippen LogP contribution >= 0.6 is 34.8 Å². The largest absolute Gasteiger partial charge is 0.396 e. The summed E-state index contributed by atoms with van der Waals surface area (Å²) in [4.78, 5) is -0.159. The molecule has 4 nitrogen and oxygen atoms in total. The van der Waals surface area contributed by atoms with Crippen molar-refractivity contribution in [2.45, 2.75) is 24.2 Å². The molecule has 0 bridgehead atoms. The van der Waals surface area contributed by atoms with Crippen molar-refractivity contribution in [2.24, 2.45) is 11.8 Å². The van der Waals surface area contributed by atoms with Crippen molar-refractivity contribution < 1.29 is 13.5 Å². The molecular weight excluding hydrogens is 357 g/mol. The van der Waals surface area contributed by atoms with Gasteiger partial charge < -0.3 is 5.11 Å². The molecule has 0 aliphatic heterocycles. The first kappa shape index (κ1) is 17.3. The number of benzene rings is 1. The van der Waals surface area contributed by atoms with Crippen molar-refractivity contribution in [2.75, 3.05) is 13.2 Å². The summed E-state index contributed by atoms with van der Waals surface area (Å²) in [5.41, 5.74) is 0. The van der Waals surface area contributed by atoms with Crippen molar-refractivity contribution in [3.05, 3.63) is 27.2 Å². The molecule has 21 heavy (non-hydrogen) atoms. The first-order chi connectivity index (χ1) is 9.85. The molecule has 1 aliphatic rings. The summed E-state index contributed by atoms with van der Waals surface area (Å²) in [5.74, 6) is 0.276. The van der Waals surface area contributed by atoms with Crippen LogP contribution in [0.4, 0.5) is 0 Å². The molecule has 0 aromatic heterocycles. The summed E-state index contributed by atoms with van der Waals surface area (Å²) in [7, 11) is -3.81. The van der Waals surface area contributed by atoms with Crippen LogP contribution in [-0.2, 0) is 10.0 Å². The van der Waals surface area contributed by atoms with Gasteiger partial charge in [-0.2, -0.15) is 0 Å². The van der Waals surface area contributed by atoms with E-state index in [0.717, 1.165) is 19.3 Å². The fourth-order valence-corrected chi connectivity index (χ4v) is 5.33. The lowest BCUT2D eigenvalue weighted by atomic mass is 9.97. The second kappa shape index (κ2) is 7.02. The highest BCUT2D eigenvalue weighted by Gasteiger charge is 2.29. The fourth-order valence-electron chi connectivity index (χ4n) is 2.70. The molecule has 1 saturated carbocycles. The normalized spacial score (nSPS) is 22.7. The Morgan fingerprint density at radius 2 is 1.71 bits per heavy atom. The predicted molar refractivity (Wildman–Crippen MR) is 84.6 cm³/mol. The van der Waals surface area contributed by atoms with Crippen LogP contribution in [0.1, 0.15) is 19.3 Å². The first-order valence-electron chi connectivity index (χ1n) is 6.60. The zero-order chi connectivity index (χ0) is 15.6. The van der Waals surface area contributed by atoms with Gasteiger partial charge in [-0.05, 0) is 36.8 Å². The highest BCUT2D eigenvalue weighted by molar-refractivity contribution is 7.89. The van der Waals surface area contributed by atoms with Gasteiger partial charge in [0.2, 0.25) is 10.0 Å². The molecule has 8 heteroatoms. The molecule has 0 radical (unpaired) electrons. The molecule has 1 aliphatic carbocycles.